The molecule has 2 aromatic heterocycles. The van der Waals surface area contributed by atoms with Gasteiger partial charge in [-0.05, 0) is 35.7 Å². The Labute approximate surface area is 153 Å². The molecule has 0 saturated carbocycles. The molecule has 0 aliphatic heterocycles. The van der Waals surface area contributed by atoms with Gasteiger partial charge < -0.3 is 14.2 Å². The first kappa shape index (κ1) is 17.9. The highest BCUT2D eigenvalue weighted by molar-refractivity contribution is 5.79. The zero-order valence-corrected chi connectivity index (χ0v) is 15.8. The second-order valence-corrected chi connectivity index (χ2v) is 6.31. The predicted octanol–water partition coefficient (Wildman–Crippen LogP) is 4.65. The van der Waals surface area contributed by atoms with E-state index in [1.165, 1.54) is 0 Å². The van der Waals surface area contributed by atoms with E-state index in [1.54, 1.807) is 21.3 Å². The molecule has 3 aromatic rings. The highest BCUT2D eigenvalue weighted by Gasteiger charge is 2.12. The van der Waals surface area contributed by atoms with Crippen LogP contribution in [0.2, 0.25) is 0 Å². The van der Waals surface area contributed by atoms with E-state index in [0.29, 0.717) is 23.2 Å². The third-order valence-electron chi connectivity index (χ3n) is 4.29. The maximum Gasteiger partial charge on any atom is 0.203 e. The quantitative estimate of drug-likeness (QED) is 0.647. The molecule has 1 aromatic carbocycles. The smallest absolute Gasteiger partial charge is 0.203 e. The fraction of sp³-hybridized carbons (Fsp3) is 0.286. The molecule has 0 amide bonds. The Morgan fingerprint density at radius 3 is 2.23 bits per heavy atom. The lowest BCUT2D eigenvalue weighted by Crippen LogP contribution is -1.95. The van der Waals surface area contributed by atoms with Crippen LogP contribution in [-0.2, 0) is 0 Å². The van der Waals surface area contributed by atoms with Crippen molar-refractivity contribution >= 4 is 17.7 Å². The molecule has 0 radical (unpaired) electrons. The number of fused-ring (bicyclic) bond motifs is 1. The van der Waals surface area contributed by atoms with E-state index in [1.807, 2.05) is 35.0 Å². The van der Waals surface area contributed by atoms with E-state index in [4.69, 9.17) is 14.2 Å². The van der Waals surface area contributed by atoms with Crippen molar-refractivity contribution in [3.05, 3.63) is 53.3 Å². The summed E-state index contributed by atoms with van der Waals surface area (Å²) in [4.78, 5) is 0. The van der Waals surface area contributed by atoms with Gasteiger partial charge in [-0.3, -0.25) is 0 Å². The summed E-state index contributed by atoms with van der Waals surface area (Å²) in [6, 6.07) is 10.1. The fourth-order valence-corrected chi connectivity index (χ4v) is 2.86. The molecule has 3 rings (SSSR count). The molecule has 0 N–H and O–H groups in total. The highest BCUT2D eigenvalue weighted by atomic mass is 16.5. The Kier molecular flexibility index (Phi) is 5.16. The topological polar surface area (TPSA) is 45.0 Å². The number of aromatic nitrogens is 2. The molecule has 0 fully saturated rings. The molecule has 0 unspecified atom stereocenters. The van der Waals surface area contributed by atoms with E-state index in [2.05, 4.69) is 37.2 Å². The molecule has 5 heteroatoms. The van der Waals surface area contributed by atoms with Crippen molar-refractivity contribution in [2.24, 2.45) is 0 Å². The lowest BCUT2D eigenvalue weighted by atomic mass is 10.1. The van der Waals surface area contributed by atoms with Crippen molar-refractivity contribution in [2.75, 3.05) is 21.3 Å². The summed E-state index contributed by atoms with van der Waals surface area (Å²) in [6.07, 6.45) is 6.07. The number of nitrogens with zero attached hydrogens (tertiary/aromatic N) is 2. The zero-order chi connectivity index (χ0) is 18.7. The van der Waals surface area contributed by atoms with Crippen molar-refractivity contribution in [2.45, 2.75) is 19.8 Å². The minimum Gasteiger partial charge on any atom is -0.493 e. The van der Waals surface area contributed by atoms with E-state index >= 15 is 0 Å². The van der Waals surface area contributed by atoms with Crippen LogP contribution in [0.4, 0.5) is 0 Å². The summed E-state index contributed by atoms with van der Waals surface area (Å²) in [6.45, 7) is 4.29. The van der Waals surface area contributed by atoms with Gasteiger partial charge in [0, 0.05) is 11.8 Å². The average molecular weight is 352 g/mol. The normalized spacial score (nSPS) is 11.5. The molecular formula is C21H24N2O3. The van der Waals surface area contributed by atoms with E-state index in [0.717, 1.165) is 22.3 Å². The van der Waals surface area contributed by atoms with Crippen LogP contribution in [0.1, 0.15) is 36.6 Å². The molecule has 0 bridgehead atoms. The largest absolute Gasteiger partial charge is 0.493 e. The molecule has 0 aliphatic rings. The predicted molar refractivity (Wildman–Crippen MR) is 104 cm³/mol. The van der Waals surface area contributed by atoms with Gasteiger partial charge in [-0.2, -0.15) is 5.10 Å². The van der Waals surface area contributed by atoms with Crippen molar-refractivity contribution in [3.63, 3.8) is 0 Å². The molecule has 0 atom stereocenters. The first-order valence-electron chi connectivity index (χ1n) is 8.53. The van der Waals surface area contributed by atoms with E-state index < -0.39 is 0 Å². The average Bonchev–Trinajstić information content (AvgIpc) is 3.10. The number of pyridine rings is 1. The van der Waals surface area contributed by atoms with Crippen LogP contribution in [0, 0.1) is 0 Å². The standard InChI is InChI=1S/C21H24N2O3/c1-14(2)17-13-18-16(7-6-10-23(18)22-17)9-8-15-11-19(24-3)21(26-5)20(12-15)25-4/h6-14H,1-5H3/b9-8+. The van der Waals surface area contributed by atoms with Crippen LogP contribution >= 0.6 is 0 Å². The first-order valence-corrected chi connectivity index (χ1v) is 8.53. The van der Waals surface area contributed by atoms with Gasteiger partial charge in [-0.15, -0.1) is 0 Å². The first-order chi connectivity index (χ1) is 12.6. The summed E-state index contributed by atoms with van der Waals surface area (Å²) in [5.41, 5.74) is 4.23. The number of methoxy groups -OCH3 is 3. The summed E-state index contributed by atoms with van der Waals surface area (Å²) in [5.74, 6) is 2.25. The second-order valence-electron chi connectivity index (χ2n) is 6.31. The Balaban J connectivity index is 2.01. The second kappa shape index (κ2) is 7.52. The maximum atomic E-state index is 5.42. The van der Waals surface area contributed by atoms with Crippen molar-refractivity contribution in [1.82, 2.24) is 9.61 Å². The maximum absolute atomic E-state index is 5.42. The Morgan fingerprint density at radius 2 is 1.65 bits per heavy atom. The van der Waals surface area contributed by atoms with Gasteiger partial charge in [-0.25, -0.2) is 4.52 Å². The molecule has 0 saturated heterocycles. The molecule has 2 heterocycles. The fourth-order valence-electron chi connectivity index (χ4n) is 2.86. The van der Waals surface area contributed by atoms with Crippen molar-refractivity contribution in [1.29, 1.82) is 0 Å². The van der Waals surface area contributed by atoms with Crippen LogP contribution in [0.3, 0.4) is 0 Å². The lowest BCUT2D eigenvalue weighted by molar-refractivity contribution is 0.324. The highest BCUT2D eigenvalue weighted by Crippen LogP contribution is 2.38. The van der Waals surface area contributed by atoms with Gasteiger partial charge in [0.25, 0.3) is 0 Å². The summed E-state index contributed by atoms with van der Waals surface area (Å²) < 4.78 is 18.1. The van der Waals surface area contributed by atoms with Crippen molar-refractivity contribution < 1.29 is 14.2 Å². The lowest BCUT2D eigenvalue weighted by Gasteiger charge is -2.12. The van der Waals surface area contributed by atoms with Crippen LogP contribution < -0.4 is 14.2 Å². The number of hydrogen-bond donors (Lipinski definition) is 0. The van der Waals surface area contributed by atoms with Gasteiger partial charge in [0.1, 0.15) is 0 Å². The summed E-state index contributed by atoms with van der Waals surface area (Å²) >= 11 is 0. The van der Waals surface area contributed by atoms with E-state index in [-0.39, 0.29) is 0 Å². The number of rotatable bonds is 6. The zero-order valence-electron chi connectivity index (χ0n) is 15.8. The Bertz CT molecular complexity index is 917. The van der Waals surface area contributed by atoms with Crippen molar-refractivity contribution in [3.8, 4) is 17.2 Å². The van der Waals surface area contributed by atoms with Gasteiger partial charge in [0.15, 0.2) is 11.5 Å². The summed E-state index contributed by atoms with van der Waals surface area (Å²) in [7, 11) is 4.83. The van der Waals surface area contributed by atoms with Gasteiger partial charge >= 0.3 is 0 Å². The van der Waals surface area contributed by atoms with Gasteiger partial charge in [0.2, 0.25) is 5.75 Å². The molecular weight excluding hydrogens is 328 g/mol. The third-order valence-corrected chi connectivity index (χ3v) is 4.29. The van der Waals surface area contributed by atoms with Crippen LogP contribution in [0.15, 0.2) is 36.5 Å². The number of ether oxygens (including phenoxy) is 3. The summed E-state index contributed by atoms with van der Waals surface area (Å²) in [5, 5.41) is 4.63. The van der Waals surface area contributed by atoms with E-state index in [9.17, 15) is 0 Å². The molecule has 26 heavy (non-hydrogen) atoms. The molecule has 5 nitrogen and oxygen atoms in total. The number of hydrogen-bond acceptors (Lipinski definition) is 4. The Hall–Kier alpha value is -2.95. The van der Waals surface area contributed by atoms with Gasteiger partial charge in [0.05, 0.1) is 32.5 Å². The molecule has 0 spiro atoms. The molecule has 0 aliphatic carbocycles. The van der Waals surface area contributed by atoms with Crippen LogP contribution in [0.25, 0.3) is 17.7 Å². The Morgan fingerprint density at radius 1 is 0.962 bits per heavy atom. The minimum atomic E-state index is 0.391. The SMILES string of the molecule is COc1cc(/C=C/c2cccn3nc(C(C)C)cc23)cc(OC)c1OC. The molecule has 136 valence electrons. The van der Waals surface area contributed by atoms with Crippen LogP contribution in [0.5, 0.6) is 17.2 Å². The third kappa shape index (κ3) is 3.38. The van der Waals surface area contributed by atoms with Gasteiger partial charge in [-0.1, -0.05) is 32.1 Å². The number of benzene rings is 1. The van der Waals surface area contributed by atoms with Crippen LogP contribution in [-0.4, -0.2) is 30.9 Å². The minimum absolute atomic E-state index is 0.391. The monoisotopic (exact) mass is 352 g/mol.